The minimum atomic E-state index is -4.71. The van der Waals surface area contributed by atoms with Crippen molar-refractivity contribution in [1.29, 1.82) is 0 Å². The molecule has 1 heterocycles. The fraction of sp³-hybridized carbons (Fsp3) is 0.474. The smallest absolute Gasteiger partial charge is 0.438 e. The van der Waals surface area contributed by atoms with Crippen LogP contribution in [0, 0.1) is 0 Å². The predicted octanol–water partition coefficient (Wildman–Crippen LogP) is 4.36. The number of rotatable bonds is 6. The SMILES string of the molecule is CCCCn1nc(C(C)(C)C)s/c1=N\C(=O)c1cc(C(F)(F)F)ccc1ONC(=O)O. The lowest BCUT2D eigenvalue weighted by molar-refractivity contribution is -0.137. The Morgan fingerprint density at radius 2 is 1.97 bits per heavy atom. The first-order chi connectivity index (χ1) is 14.3. The number of hydrogen-bond donors (Lipinski definition) is 2. The van der Waals surface area contributed by atoms with E-state index in [9.17, 15) is 22.8 Å². The summed E-state index contributed by atoms with van der Waals surface area (Å²) >= 11 is 1.17. The number of aryl methyl sites for hydroxylation is 1. The van der Waals surface area contributed by atoms with Gasteiger partial charge in [0.15, 0.2) is 5.75 Å². The first-order valence-corrected chi connectivity index (χ1v) is 10.2. The molecule has 8 nitrogen and oxygen atoms in total. The van der Waals surface area contributed by atoms with Crippen LogP contribution < -0.4 is 15.1 Å². The summed E-state index contributed by atoms with van der Waals surface area (Å²) in [7, 11) is 0. The van der Waals surface area contributed by atoms with E-state index in [1.54, 1.807) is 10.2 Å². The molecule has 0 aliphatic rings. The zero-order valence-electron chi connectivity index (χ0n) is 17.4. The van der Waals surface area contributed by atoms with Crippen LogP contribution >= 0.6 is 11.3 Å². The largest absolute Gasteiger partial charge is 0.463 e. The van der Waals surface area contributed by atoms with Crippen molar-refractivity contribution in [2.45, 2.75) is 58.7 Å². The second-order valence-electron chi connectivity index (χ2n) is 7.65. The lowest BCUT2D eigenvalue weighted by Crippen LogP contribution is -2.26. The van der Waals surface area contributed by atoms with Crippen molar-refractivity contribution in [3.63, 3.8) is 0 Å². The molecule has 170 valence electrons. The van der Waals surface area contributed by atoms with E-state index in [2.05, 4.69) is 10.1 Å². The van der Waals surface area contributed by atoms with Gasteiger partial charge in [0.2, 0.25) is 4.80 Å². The molecule has 31 heavy (non-hydrogen) atoms. The molecule has 0 bridgehead atoms. The zero-order chi connectivity index (χ0) is 23.4. The van der Waals surface area contributed by atoms with E-state index in [0.717, 1.165) is 18.9 Å². The Labute approximate surface area is 180 Å². The van der Waals surface area contributed by atoms with Crippen molar-refractivity contribution in [1.82, 2.24) is 15.3 Å². The third-order valence-electron chi connectivity index (χ3n) is 3.97. The topological polar surface area (TPSA) is 106 Å². The first-order valence-electron chi connectivity index (χ1n) is 9.37. The lowest BCUT2D eigenvalue weighted by atomic mass is 9.98. The summed E-state index contributed by atoms with van der Waals surface area (Å²) in [5, 5.41) is 13.9. The highest BCUT2D eigenvalue weighted by molar-refractivity contribution is 7.09. The molecule has 0 unspecified atom stereocenters. The van der Waals surface area contributed by atoms with E-state index in [4.69, 9.17) is 9.94 Å². The predicted molar refractivity (Wildman–Crippen MR) is 107 cm³/mol. The molecular formula is C19H23F3N4O4S. The van der Waals surface area contributed by atoms with Crippen molar-refractivity contribution in [2.75, 3.05) is 0 Å². The summed E-state index contributed by atoms with van der Waals surface area (Å²) in [6.07, 6.45) is -4.65. The molecule has 2 rings (SSSR count). The molecule has 0 saturated heterocycles. The van der Waals surface area contributed by atoms with Gasteiger partial charge in [-0.05, 0) is 24.6 Å². The summed E-state index contributed by atoms with van der Waals surface area (Å²) < 4.78 is 41.0. The van der Waals surface area contributed by atoms with Gasteiger partial charge in [-0.2, -0.15) is 28.7 Å². The number of nitrogens with zero attached hydrogens (tertiary/aromatic N) is 3. The van der Waals surface area contributed by atoms with Crippen molar-refractivity contribution in [3.05, 3.63) is 39.1 Å². The van der Waals surface area contributed by atoms with Gasteiger partial charge in [-0.25, -0.2) is 9.48 Å². The van der Waals surface area contributed by atoms with E-state index >= 15 is 0 Å². The van der Waals surface area contributed by atoms with Crippen LogP contribution in [0.5, 0.6) is 5.75 Å². The van der Waals surface area contributed by atoms with Gasteiger partial charge in [0, 0.05) is 12.0 Å². The second kappa shape index (κ2) is 9.50. The number of aromatic nitrogens is 2. The monoisotopic (exact) mass is 460 g/mol. The summed E-state index contributed by atoms with van der Waals surface area (Å²) in [5.74, 6) is -1.41. The maximum absolute atomic E-state index is 13.1. The van der Waals surface area contributed by atoms with Crippen molar-refractivity contribution >= 4 is 23.3 Å². The van der Waals surface area contributed by atoms with Crippen LogP contribution in [0.15, 0.2) is 23.2 Å². The normalized spacial score (nSPS) is 12.7. The molecule has 0 radical (unpaired) electrons. The highest BCUT2D eigenvalue weighted by Crippen LogP contribution is 2.33. The van der Waals surface area contributed by atoms with Crippen molar-refractivity contribution in [2.24, 2.45) is 4.99 Å². The number of carbonyl (C=O) groups is 2. The van der Waals surface area contributed by atoms with Gasteiger partial charge in [-0.3, -0.25) is 4.79 Å². The van der Waals surface area contributed by atoms with E-state index in [-0.39, 0.29) is 10.2 Å². The zero-order valence-corrected chi connectivity index (χ0v) is 18.2. The summed E-state index contributed by atoms with van der Waals surface area (Å²) in [5.41, 5.74) is -0.367. The number of hydroxylamine groups is 1. The molecule has 2 aromatic rings. The molecule has 12 heteroatoms. The molecule has 0 saturated carbocycles. The van der Waals surface area contributed by atoms with Gasteiger partial charge < -0.3 is 9.94 Å². The van der Waals surface area contributed by atoms with Gasteiger partial charge in [0.1, 0.15) is 5.01 Å². The molecule has 0 spiro atoms. The number of carboxylic acid groups (broad SMARTS) is 1. The van der Waals surface area contributed by atoms with Crippen LogP contribution in [0.1, 0.15) is 61.5 Å². The van der Waals surface area contributed by atoms with Crippen LogP contribution in [-0.2, 0) is 18.1 Å². The van der Waals surface area contributed by atoms with Crippen LogP contribution in [0.4, 0.5) is 18.0 Å². The van der Waals surface area contributed by atoms with Gasteiger partial charge in [-0.15, -0.1) is 0 Å². The Bertz CT molecular complexity index is 1020. The fourth-order valence-corrected chi connectivity index (χ4v) is 3.34. The molecule has 1 aromatic heterocycles. The van der Waals surface area contributed by atoms with Crippen LogP contribution in [0.25, 0.3) is 0 Å². The van der Waals surface area contributed by atoms with Crippen LogP contribution in [-0.4, -0.2) is 26.9 Å². The van der Waals surface area contributed by atoms with Gasteiger partial charge in [0.25, 0.3) is 5.91 Å². The molecule has 2 N–H and O–H groups in total. The molecule has 0 aliphatic heterocycles. The summed E-state index contributed by atoms with van der Waals surface area (Å²) in [6, 6.07) is 2.12. The molecule has 1 aromatic carbocycles. The molecule has 0 aliphatic carbocycles. The lowest BCUT2D eigenvalue weighted by Gasteiger charge is -2.12. The molecule has 0 atom stereocenters. The molecule has 2 amide bonds. The second-order valence-corrected chi connectivity index (χ2v) is 8.61. The third kappa shape index (κ3) is 6.54. The number of amides is 2. The Kier molecular flexibility index (Phi) is 7.47. The highest BCUT2D eigenvalue weighted by atomic mass is 32.1. The number of benzene rings is 1. The maximum Gasteiger partial charge on any atom is 0.438 e. The maximum atomic E-state index is 13.1. The van der Waals surface area contributed by atoms with Crippen LogP contribution in [0.2, 0.25) is 0 Å². The Morgan fingerprint density at radius 1 is 1.29 bits per heavy atom. The highest BCUT2D eigenvalue weighted by Gasteiger charge is 2.32. The number of alkyl halides is 3. The Hall–Kier alpha value is -2.89. The number of carbonyl (C=O) groups excluding carboxylic acids is 1. The van der Waals surface area contributed by atoms with Gasteiger partial charge in [-0.1, -0.05) is 45.5 Å². The minimum Gasteiger partial charge on any atom is -0.463 e. The summed E-state index contributed by atoms with van der Waals surface area (Å²) in [6.45, 7) is 8.30. The van der Waals surface area contributed by atoms with Gasteiger partial charge in [0.05, 0.1) is 11.1 Å². The van der Waals surface area contributed by atoms with E-state index in [1.807, 2.05) is 27.7 Å². The average Bonchev–Trinajstić information content (AvgIpc) is 3.06. The number of nitrogens with one attached hydrogen (secondary N) is 1. The van der Waals surface area contributed by atoms with Gasteiger partial charge >= 0.3 is 12.3 Å². The minimum absolute atomic E-state index is 0.234. The Morgan fingerprint density at radius 3 is 2.52 bits per heavy atom. The first kappa shape index (κ1) is 24.4. The van der Waals surface area contributed by atoms with E-state index < -0.39 is 35.1 Å². The fourth-order valence-electron chi connectivity index (χ4n) is 2.36. The average molecular weight is 460 g/mol. The number of hydrogen-bond acceptors (Lipinski definition) is 5. The molecular weight excluding hydrogens is 437 g/mol. The van der Waals surface area contributed by atoms with Crippen molar-refractivity contribution in [3.8, 4) is 5.75 Å². The quantitative estimate of drug-likeness (QED) is 0.623. The van der Waals surface area contributed by atoms with Crippen LogP contribution in [0.3, 0.4) is 0 Å². The molecule has 0 fully saturated rings. The Balaban J connectivity index is 2.57. The summed E-state index contributed by atoms with van der Waals surface area (Å²) in [4.78, 5) is 32.5. The number of unbranched alkanes of at least 4 members (excludes halogenated alkanes) is 1. The van der Waals surface area contributed by atoms with E-state index in [0.29, 0.717) is 23.7 Å². The third-order valence-corrected chi connectivity index (χ3v) is 5.34. The van der Waals surface area contributed by atoms with E-state index in [1.165, 1.54) is 11.3 Å². The standard InChI is InChI=1S/C19H23F3N4O4S/c1-5-6-9-26-16(31-15(24-26)18(2,3)4)23-14(27)12-10-11(19(20,21)22)7-8-13(12)30-25-17(28)29/h7-8,10,25H,5-6,9H2,1-4H3,(H,28,29)/b23-16-. The van der Waals surface area contributed by atoms with Crippen molar-refractivity contribution < 1.29 is 32.7 Å². The number of halogens is 3.